The molecular weight excluding hydrogens is 254 g/mol. The van der Waals surface area contributed by atoms with Gasteiger partial charge in [-0.05, 0) is 37.1 Å². The number of ether oxygens (including phenoxy) is 2. The first-order valence-corrected chi connectivity index (χ1v) is 7.24. The molecule has 0 fully saturated rings. The summed E-state index contributed by atoms with van der Waals surface area (Å²) in [6.45, 7) is 6.85. The minimum Gasteiger partial charge on any atom is -0.491 e. The third-order valence-electron chi connectivity index (χ3n) is 2.93. The van der Waals surface area contributed by atoms with E-state index >= 15 is 0 Å². The van der Waals surface area contributed by atoms with Crippen molar-refractivity contribution in [1.82, 2.24) is 4.90 Å². The van der Waals surface area contributed by atoms with Crippen molar-refractivity contribution < 1.29 is 14.3 Å². The summed E-state index contributed by atoms with van der Waals surface area (Å²) in [7, 11) is 1.64. The van der Waals surface area contributed by atoms with E-state index < -0.39 is 0 Å². The van der Waals surface area contributed by atoms with Crippen LogP contribution in [0.4, 0.5) is 0 Å². The van der Waals surface area contributed by atoms with E-state index in [9.17, 15) is 4.79 Å². The lowest BCUT2D eigenvalue weighted by Crippen LogP contribution is -2.32. The van der Waals surface area contributed by atoms with E-state index in [1.54, 1.807) is 7.11 Å². The number of rotatable bonds is 9. The molecule has 4 heteroatoms. The molecule has 0 spiro atoms. The largest absolute Gasteiger partial charge is 0.491 e. The quantitative estimate of drug-likeness (QED) is 0.652. The smallest absolute Gasteiger partial charge is 0.253 e. The van der Waals surface area contributed by atoms with Crippen LogP contribution in [-0.2, 0) is 4.74 Å². The van der Waals surface area contributed by atoms with Crippen molar-refractivity contribution in [2.75, 3.05) is 33.4 Å². The minimum absolute atomic E-state index is 0.0946. The Morgan fingerprint density at radius 1 is 1.05 bits per heavy atom. The zero-order valence-corrected chi connectivity index (χ0v) is 12.7. The second-order valence-corrected chi connectivity index (χ2v) is 4.66. The average molecular weight is 279 g/mol. The molecule has 0 saturated heterocycles. The van der Waals surface area contributed by atoms with Crippen molar-refractivity contribution in [3.05, 3.63) is 29.8 Å². The zero-order chi connectivity index (χ0) is 14.8. The van der Waals surface area contributed by atoms with E-state index in [1.807, 2.05) is 29.2 Å². The first kappa shape index (κ1) is 16.5. The summed E-state index contributed by atoms with van der Waals surface area (Å²) >= 11 is 0. The molecule has 4 nitrogen and oxygen atoms in total. The molecule has 0 aliphatic heterocycles. The Morgan fingerprint density at radius 3 is 2.15 bits per heavy atom. The van der Waals surface area contributed by atoms with E-state index in [4.69, 9.17) is 9.47 Å². The third-order valence-corrected chi connectivity index (χ3v) is 2.93. The van der Waals surface area contributed by atoms with Crippen LogP contribution in [0.2, 0.25) is 0 Å². The van der Waals surface area contributed by atoms with Crippen molar-refractivity contribution in [3.8, 4) is 5.75 Å². The lowest BCUT2D eigenvalue weighted by Gasteiger charge is -2.21. The van der Waals surface area contributed by atoms with Gasteiger partial charge >= 0.3 is 0 Å². The first-order valence-electron chi connectivity index (χ1n) is 7.24. The molecule has 0 N–H and O–H groups in total. The van der Waals surface area contributed by atoms with Gasteiger partial charge in [0.1, 0.15) is 12.4 Å². The summed E-state index contributed by atoms with van der Waals surface area (Å²) in [5, 5.41) is 0. The van der Waals surface area contributed by atoms with Gasteiger partial charge in [0, 0.05) is 25.8 Å². The normalized spacial score (nSPS) is 10.3. The Morgan fingerprint density at radius 2 is 1.65 bits per heavy atom. The molecule has 0 aromatic heterocycles. The Bertz CT molecular complexity index is 383. The molecule has 0 bridgehead atoms. The number of nitrogens with zero attached hydrogens (tertiary/aromatic N) is 1. The van der Waals surface area contributed by atoms with Crippen LogP contribution in [0.3, 0.4) is 0 Å². The van der Waals surface area contributed by atoms with Crippen LogP contribution in [0.25, 0.3) is 0 Å². The molecule has 0 heterocycles. The van der Waals surface area contributed by atoms with Gasteiger partial charge in [-0.3, -0.25) is 4.79 Å². The van der Waals surface area contributed by atoms with Gasteiger partial charge in [0.25, 0.3) is 5.91 Å². The molecule has 1 rings (SSSR count). The zero-order valence-electron chi connectivity index (χ0n) is 12.7. The van der Waals surface area contributed by atoms with Gasteiger partial charge in [-0.2, -0.15) is 0 Å². The van der Waals surface area contributed by atoms with Gasteiger partial charge in [0.05, 0.1) is 6.61 Å². The van der Waals surface area contributed by atoms with E-state index in [1.165, 1.54) is 0 Å². The number of amides is 1. The topological polar surface area (TPSA) is 38.8 Å². The van der Waals surface area contributed by atoms with Crippen molar-refractivity contribution in [1.29, 1.82) is 0 Å². The predicted octanol–water partition coefficient (Wildman–Crippen LogP) is 2.97. The molecule has 0 saturated carbocycles. The van der Waals surface area contributed by atoms with Crippen LogP contribution < -0.4 is 4.74 Å². The molecule has 1 aromatic rings. The Labute approximate surface area is 121 Å². The molecule has 1 amide bonds. The summed E-state index contributed by atoms with van der Waals surface area (Å²) in [5.74, 6) is 0.855. The summed E-state index contributed by atoms with van der Waals surface area (Å²) in [6.07, 6.45) is 1.95. The number of benzene rings is 1. The van der Waals surface area contributed by atoms with Gasteiger partial charge < -0.3 is 14.4 Å². The van der Waals surface area contributed by atoms with Crippen LogP contribution in [0.15, 0.2) is 24.3 Å². The van der Waals surface area contributed by atoms with Crippen molar-refractivity contribution in [2.45, 2.75) is 26.7 Å². The predicted molar refractivity (Wildman–Crippen MR) is 80.3 cm³/mol. The summed E-state index contributed by atoms with van der Waals surface area (Å²) in [6, 6.07) is 7.31. The fourth-order valence-electron chi connectivity index (χ4n) is 1.97. The number of hydrogen-bond acceptors (Lipinski definition) is 3. The molecule has 0 radical (unpaired) electrons. The fourth-order valence-corrected chi connectivity index (χ4v) is 1.97. The number of hydrogen-bond donors (Lipinski definition) is 0. The van der Waals surface area contributed by atoms with Crippen molar-refractivity contribution in [2.24, 2.45) is 0 Å². The Kier molecular flexibility index (Phi) is 7.73. The van der Waals surface area contributed by atoms with Gasteiger partial charge in [-0.25, -0.2) is 0 Å². The number of carbonyl (C=O) groups is 1. The molecule has 0 aliphatic carbocycles. The second-order valence-electron chi connectivity index (χ2n) is 4.66. The van der Waals surface area contributed by atoms with Crippen molar-refractivity contribution >= 4 is 5.91 Å². The van der Waals surface area contributed by atoms with Crippen LogP contribution in [0, 0.1) is 0 Å². The minimum atomic E-state index is 0.0946. The van der Waals surface area contributed by atoms with E-state index in [0.717, 1.165) is 31.7 Å². The molecule has 20 heavy (non-hydrogen) atoms. The van der Waals surface area contributed by atoms with Crippen LogP contribution in [-0.4, -0.2) is 44.2 Å². The van der Waals surface area contributed by atoms with Crippen molar-refractivity contribution in [3.63, 3.8) is 0 Å². The van der Waals surface area contributed by atoms with Crippen LogP contribution in [0.1, 0.15) is 37.0 Å². The molecule has 112 valence electrons. The van der Waals surface area contributed by atoms with Gasteiger partial charge in [-0.1, -0.05) is 13.8 Å². The summed E-state index contributed by atoms with van der Waals surface area (Å²) in [5.41, 5.74) is 0.714. The molecule has 0 aliphatic rings. The highest BCUT2D eigenvalue weighted by Crippen LogP contribution is 2.14. The average Bonchev–Trinajstić information content (AvgIpc) is 2.47. The lowest BCUT2D eigenvalue weighted by molar-refractivity contribution is 0.0755. The molecule has 0 atom stereocenters. The highest BCUT2D eigenvalue weighted by atomic mass is 16.5. The maximum atomic E-state index is 12.4. The standard InChI is InChI=1S/C16H25NO3/c1-4-10-17(11-5-2)16(18)14-6-8-15(9-7-14)20-13-12-19-3/h6-9H,4-5,10-13H2,1-3H3. The molecule has 0 unspecified atom stereocenters. The highest BCUT2D eigenvalue weighted by molar-refractivity contribution is 5.94. The van der Waals surface area contributed by atoms with Crippen LogP contribution >= 0.6 is 0 Å². The van der Waals surface area contributed by atoms with E-state index in [0.29, 0.717) is 18.8 Å². The summed E-state index contributed by atoms with van der Waals surface area (Å²) < 4.78 is 10.4. The SMILES string of the molecule is CCCN(CCC)C(=O)c1ccc(OCCOC)cc1. The number of methoxy groups -OCH3 is 1. The maximum Gasteiger partial charge on any atom is 0.253 e. The maximum absolute atomic E-state index is 12.4. The van der Waals surface area contributed by atoms with Crippen LogP contribution in [0.5, 0.6) is 5.75 Å². The van der Waals surface area contributed by atoms with E-state index in [-0.39, 0.29) is 5.91 Å². The van der Waals surface area contributed by atoms with Gasteiger partial charge in [0.2, 0.25) is 0 Å². The Balaban J connectivity index is 2.63. The second kappa shape index (κ2) is 9.37. The monoisotopic (exact) mass is 279 g/mol. The first-order chi connectivity index (χ1) is 9.72. The van der Waals surface area contributed by atoms with Gasteiger partial charge in [-0.15, -0.1) is 0 Å². The lowest BCUT2D eigenvalue weighted by atomic mass is 10.2. The molecule has 1 aromatic carbocycles. The summed E-state index contributed by atoms with van der Waals surface area (Å²) in [4.78, 5) is 14.3. The highest BCUT2D eigenvalue weighted by Gasteiger charge is 2.13. The fraction of sp³-hybridized carbons (Fsp3) is 0.562. The number of carbonyl (C=O) groups excluding carboxylic acids is 1. The Hall–Kier alpha value is -1.55. The van der Waals surface area contributed by atoms with Gasteiger partial charge in [0.15, 0.2) is 0 Å². The van der Waals surface area contributed by atoms with E-state index in [2.05, 4.69) is 13.8 Å². The third kappa shape index (κ3) is 5.21. The molecular formula is C16H25NO3.